The van der Waals surface area contributed by atoms with Crippen LogP contribution >= 0.6 is 0 Å². The summed E-state index contributed by atoms with van der Waals surface area (Å²) in [6.07, 6.45) is -1.86. The molecule has 1 rings (SSSR count). The number of alkyl halides is 3. The molecule has 0 saturated carbocycles. The molecule has 1 aromatic carbocycles. The second-order valence-corrected chi connectivity index (χ2v) is 5.79. The Morgan fingerprint density at radius 3 is 2.36 bits per heavy atom. The minimum absolute atomic E-state index is 0.222. The minimum atomic E-state index is -4.40. The summed E-state index contributed by atoms with van der Waals surface area (Å²) in [5.41, 5.74) is 10.6. The van der Waals surface area contributed by atoms with E-state index in [1.165, 1.54) is 6.07 Å². The van der Waals surface area contributed by atoms with Gasteiger partial charge in [0.05, 0.1) is 5.56 Å². The average molecular weight is 317 g/mol. The zero-order chi connectivity index (χ0) is 16.8. The topological polar surface area (TPSA) is 55.3 Å². The van der Waals surface area contributed by atoms with E-state index in [2.05, 4.69) is 18.7 Å². The smallest absolute Gasteiger partial charge is 0.398 e. The molecule has 22 heavy (non-hydrogen) atoms. The number of unbranched alkanes of at least 4 members (excludes halogenated alkanes) is 1. The third-order valence-electron chi connectivity index (χ3n) is 3.74. The van der Waals surface area contributed by atoms with Gasteiger partial charge < -0.3 is 16.4 Å². The van der Waals surface area contributed by atoms with Gasteiger partial charge in [-0.3, -0.25) is 0 Å². The van der Waals surface area contributed by atoms with Gasteiger partial charge in [0.2, 0.25) is 0 Å². The third kappa shape index (κ3) is 5.85. The Labute approximate surface area is 130 Å². The molecule has 0 aliphatic rings. The fourth-order valence-electron chi connectivity index (χ4n) is 2.36. The molecule has 0 spiro atoms. The molecule has 0 bridgehead atoms. The Bertz CT molecular complexity index is 458. The molecule has 0 unspecified atom stereocenters. The lowest BCUT2D eigenvalue weighted by molar-refractivity contribution is -0.136. The Balaban J connectivity index is 2.69. The second-order valence-electron chi connectivity index (χ2n) is 5.79. The first kappa shape index (κ1) is 18.8. The van der Waals surface area contributed by atoms with E-state index >= 15 is 0 Å². The molecule has 6 heteroatoms. The van der Waals surface area contributed by atoms with Gasteiger partial charge in [0.25, 0.3) is 0 Å². The van der Waals surface area contributed by atoms with E-state index in [9.17, 15) is 13.2 Å². The van der Waals surface area contributed by atoms with Crippen molar-refractivity contribution in [1.82, 2.24) is 4.90 Å². The summed E-state index contributed by atoms with van der Waals surface area (Å²) in [5.74, 6) is 0. The molecule has 0 heterocycles. The van der Waals surface area contributed by atoms with E-state index in [0.717, 1.165) is 32.0 Å². The summed E-state index contributed by atoms with van der Waals surface area (Å²) in [6, 6.07) is 4.52. The van der Waals surface area contributed by atoms with Crippen molar-refractivity contribution in [1.29, 1.82) is 0 Å². The first-order valence-corrected chi connectivity index (χ1v) is 7.65. The van der Waals surface area contributed by atoms with Gasteiger partial charge in [-0.15, -0.1) is 0 Å². The maximum Gasteiger partial charge on any atom is 0.418 e. The molecule has 0 aromatic heterocycles. The number of nitrogen functional groups attached to an aromatic ring is 1. The fraction of sp³-hybridized carbons (Fsp3) is 0.625. The van der Waals surface area contributed by atoms with Crippen LogP contribution in [-0.2, 0) is 12.6 Å². The highest BCUT2D eigenvalue weighted by atomic mass is 19.4. The monoisotopic (exact) mass is 317 g/mol. The van der Waals surface area contributed by atoms with Crippen LogP contribution in [-0.4, -0.2) is 30.6 Å². The quantitative estimate of drug-likeness (QED) is 0.571. The molecule has 0 saturated heterocycles. The van der Waals surface area contributed by atoms with Crippen molar-refractivity contribution in [3.63, 3.8) is 0 Å². The summed E-state index contributed by atoms with van der Waals surface area (Å²) in [5, 5.41) is 0. The van der Waals surface area contributed by atoms with E-state index in [-0.39, 0.29) is 5.69 Å². The number of hydrogen-bond acceptors (Lipinski definition) is 3. The second kappa shape index (κ2) is 8.39. The van der Waals surface area contributed by atoms with Gasteiger partial charge in [-0.1, -0.05) is 6.07 Å². The average Bonchev–Trinajstić information content (AvgIpc) is 2.42. The van der Waals surface area contributed by atoms with E-state index in [1.807, 2.05) is 0 Å². The predicted molar refractivity (Wildman–Crippen MR) is 84.6 cm³/mol. The molecule has 0 aliphatic carbocycles. The number of nitrogens with two attached hydrogens (primary N) is 2. The lowest BCUT2D eigenvalue weighted by Crippen LogP contribution is -2.34. The van der Waals surface area contributed by atoms with Crippen molar-refractivity contribution < 1.29 is 13.2 Å². The van der Waals surface area contributed by atoms with Gasteiger partial charge in [-0.05, 0) is 63.9 Å². The number of nitrogens with zero attached hydrogens (tertiary/aromatic N) is 1. The van der Waals surface area contributed by atoms with E-state index in [4.69, 9.17) is 11.5 Å². The van der Waals surface area contributed by atoms with Gasteiger partial charge in [-0.25, -0.2) is 0 Å². The Morgan fingerprint density at radius 1 is 1.14 bits per heavy atom. The summed E-state index contributed by atoms with van der Waals surface area (Å²) in [4.78, 5) is 2.26. The highest BCUT2D eigenvalue weighted by Gasteiger charge is 2.33. The molecule has 1 aromatic rings. The molecule has 0 amide bonds. The van der Waals surface area contributed by atoms with Crippen LogP contribution in [0.5, 0.6) is 0 Å². The zero-order valence-electron chi connectivity index (χ0n) is 13.3. The third-order valence-corrected chi connectivity index (χ3v) is 3.74. The Hall–Kier alpha value is -1.27. The van der Waals surface area contributed by atoms with Crippen LogP contribution in [0.25, 0.3) is 0 Å². The molecule has 126 valence electrons. The van der Waals surface area contributed by atoms with E-state index in [1.54, 1.807) is 6.07 Å². The van der Waals surface area contributed by atoms with Crippen molar-refractivity contribution in [3.8, 4) is 0 Å². The summed E-state index contributed by atoms with van der Waals surface area (Å²) in [7, 11) is 0. The van der Waals surface area contributed by atoms with Crippen LogP contribution < -0.4 is 11.5 Å². The highest BCUT2D eigenvalue weighted by Crippen LogP contribution is 2.34. The van der Waals surface area contributed by atoms with Crippen LogP contribution in [0.2, 0.25) is 0 Å². The SMILES string of the molecule is CC(C)N(CCCCN)CCc1ccc(N)c(C(F)(F)F)c1. The number of anilines is 1. The van der Waals surface area contributed by atoms with Crippen molar-refractivity contribution in [2.75, 3.05) is 25.4 Å². The molecule has 0 atom stereocenters. The fourth-order valence-corrected chi connectivity index (χ4v) is 2.36. The van der Waals surface area contributed by atoms with Gasteiger partial charge >= 0.3 is 6.18 Å². The predicted octanol–water partition coefficient (Wildman–Crippen LogP) is 3.28. The Kier molecular flexibility index (Phi) is 7.16. The Morgan fingerprint density at radius 2 is 1.82 bits per heavy atom. The number of benzene rings is 1. The van der Waals surface area contributed by atoms with Crippen molar-refractivity contribution in [2.45, 2.75) is 45.3 Å². The maximum absolute atomic E-state index is 12.9. The van der Waals surface area contributed by atoms with Crippen LogP contribution in [0, 0.1) is 0 Å². The summed E-state index contributed by atoms with van der Waals surface area (Å²) >= 11 is 0. The van der Waals surface area contributed by atoms with Crippen molar-refractivity contribution >= 4 is 5.69 Å². The molecular weight excluding hydrogens is 291 g/mol. The lowest BCUT2D eigenvalue weighted by Gasteiger charge is -2.26. The maximum atomic E-state index is 12.9. The number of hydrogen-bond donors (Lipinski definition) is 2. The first-order chi connectivity index (χ1) is 10.3. The van der Waals surface area contributed by atoms with Crippen LogP contribution in [0.3, 0.4) is 0 Å². The summed E-state index contributed by atoms with van der Waals surface area (Å²) in [6.45, 7) is 6.48. The van der Waals surface area contributed by atoms with Gasteiger partial charge in [0.15, 0.2) is 0 Å². The van der Waals surface area contributed by atoms with E-state index < -0.39 is 11.7 Å². The number of rotatable bonds is 8. The standard InChI is InChI=1S/C16H26F3N3/c1-12(2)22(9-4-3-8-20)10-7-13-5-6-15(21)14(11-13)16(17,18)19/h5-6,11-12H,3-4,7-10,20-21H2,1-2H3. The molecule has 3 nitrogen and oxygen atoms in total. The molecule has 0 radical (unpaired) electrons. The van der Waals surface area contributed by atoms with Gasteiger partial charge in [0, 0.05) is 18.3 Å². The van der Waals surface area contributed by atoms with Crippen LogP contribution in [0.1, 0.15) is 37.8 Å². The largest absolute Gasteiger partial charge is 0.418 e. The van der Waals surface area contributed by atoms with Crippen molar-refractivity contribution in [2.24, 2.45) is 5.73 Å². The molecular formula is C16H26F3N3. The van der Waals surface area contributed by atoms with Gasteiger partial charge in [0.1, 0.15) is 0 Å². The van der Waals surface area contributed by atoms with E-state index in [0.29, 0.717) is 24.6 Å². The zero-order valence-corrected chi connectivity index (χ0v) is 13.3. The van der Waals surface area contributed by atoms with Gasteiger partial charge in [-0.2, -0.15) is 13.2 Å². The van der Waals surface area contributed by atoms with Crippen molar-refractivity contribution in [3.05, 3.63) is 29.3 Å². The normalized spacial score (nSPS) is 12.4. The van der Waals surface area contributed by atoms with Crippen LogP contribution in [0.4, 0.5) is 18.9 Å². The molecule has 0 aliphatic heterocycles. The highest BCUT2D eigenvalue weighted by molar-refractivity contribution is 5.50. The molecule has 0 fully saturated rings. The minimum Gasteiger partial charge on any atom is -0.398 e. The number of halogens is 3. The summed E-state index contributed by atoms with van der Waals surface area (Å²) < 4.78 is 38.6. The molecule has 4 N–H and O–H groups in total. The first-order valence-electron chi connectivity index (χ1n) is 7.65. The lowest BCUT2D eigenvalue weighted by atomic mass is 10.1. The van der Waals surface area contributed by atoms with Crippen LogP contribution in [0.15, 0.2) is 18.2 Å².